The van der Waals surface area contributed by atoms with Gasteiger partial charge in [0.1, 0.15) is 5.92 Å². The molecule has 0 fully saturated rings. The number of hydrogen-bond acceptors (Lipinski definition) is 3. The first-order valence-corrected chi connectivity index (χ1v) is 6.85. The summed E-state index contributed by atoms with van der Waals surface area (Å²) >= 11 is 0. The van der Waals surface area contributed by atoms with Crippen LogP contribution in [-0.2, 0) is 9.59 Å². The Morgan fingerprint density at radius 1 is 1.40 bits per heavy atom. The van der Waals surface area contributed by atoms with Crippen LogP contribution >= 0.6 is 0 Å². The van der Waals surface area contributed by atoms with E-state index in [0.717, 1.165) is 11.3 Å². The summed E-state index contributed by atoms with van der Waals surface area (Å²) in [5, 5.41) is 12.1. The van der Waals surface area contributed by atoms with Crippen LogP contribution in [0.4, 0.5) is 5.69 Å². The van der Waals surface area contributed by atoms with Crippen molar-refractivity contribution >= 4 is 17.6 Å². The molecule has 108 valence electrons. The zero-order valence-electron chi connectivity index (χ0n) is 11.8. The Kier molecular flexibility index (Phi) is 4.27. The maximum Gasteiger partial charge on any atom is 0.312 e. The summed E-state index contributed by atoms with van der Waals surface area (Å²) in [5.74, 6) is -1.32. The summed E-state index contributed by atoms with van der Waals surface area (Å²) < 4.78 is 0. The predicted molar refractivity (Wildman–Crippen MR) is 76.9 cm³/mol. The van der Waals surface area contributed by atoms with E-state index in [1.807, 2.05) is 43.0 Å². The summed E-state index contributed by atoms with van der Waals surface area (Å²) in [4.78, 5) is 25.0. The summed E-state index contributed by atoms with van der Waals surface area (Å²) in [6.07, 6.45) is 0.374. The summed E-state index contributed by atoms with van der Waals surface area (Å²) in [6, 6.07) is 7.63. The molecular weight excluding hydrogens is 256 g/mol. The van der Waals surface area contributed by atoms with Crippen molar-refractivity contribution in [1.82, 2.24) is 5.32 Å². The van der Waals surface area contributed by atoms with Crippen LogP contribution in [0.25, 0.3) is 0 Å². The second-order valence-electron chi connectivity index (χ2n) is 5.37. The molecule has 0 spiro atoms. The van der Waals surface area contributed by atoms with Gasteiger partial charge in [-0.15, -0.1) is 0 Å². The number of carbonyl (C=O) groups excluding carboxylic acids is 1. The number of amides is 1. The standard InChI is InChI=1S/C15H20N2O3/c1-10(2)16-14(18)7-8-17-9-12(15(19)20)11-5-3-4-6-13(11)17/h3-6,10,12H,7-9H2,1-2H3,(H,16,18)(H,19,20). The zero-order valence-corrected chi connectivity index (χ0v) is 11.8. The fourth-order valence-electron chi connectivity index (χ4n) is 2.54. The molecule has 0 saturated carbocycles. The summed E-state index contributed by atoms with van der Waals surface area (Å²) in [7, 11) is 0. The molecule has 2 rings (SSSR count). The largest absolute Gasteiger partial charge is 0.481 e. The van der Waals surface area contributed by atoms with Gasteiger partial charge >= 0.3 is 5.97 Å². The number of rotatable bonds is 5. The third-order valence-electron chi connectivity index (χ3n) is 3.41. The Labute approximate surface area is 118 Å². The average molecular weight is 276 g/mol. The van der Waals surface area contributed by atoms with E-state index in [4.69, 9.17) is 0 Å². The molecule has 0 aromatic heterocycles. The molecule has 0 aliphatic carbocycles. The van der Waals surface area contributed by atoms with Crippen molar-refractivity contribution in [3.05, 3.63) is 29.8 Å². The Hall–Kier alpha value is -2.04. The van der Waals surface area contributed by atoms with Crippen molar-refractivity contribution in [1.29, 1.82) is 0 Å². The Bertz CT molecular complexity index is 514. The molecule has 0 saturated heterocycles. The van der Waals surface area contributed by atoms with E-state index in [9.17, 15) is 14.7 Å². The Balaban J connectivity index is 2.04. The molecule has 5 nitrogen and oxygen atoms in total. The number of nitrogens with zero attached hydrogens (tertiary/aromatic N) is 1. The van der Waals surface area contributed by atoms with Gasteiger partial charge in [-0.3, -0.25) is 9.59 Å². The van der Waals surface area contributed by atoms with Crippen LogP contribution in [0.3, 0.4) is 0 Å². The molecule has 1 aliphatic rings. The number of hydrogen-bond donors (Lipinski definition) is 2. The molecule has 1 atom stereocenters. The molecule has 1 unspecified atom stereocenters. The Morgan fingerprint density at radius 2 is 2.10 bits per heavy atom. The van der Waals surface area contributed by atoms with Crippen LogP contribution in [0.5, 0.6) is 0 Å². The van der Waals surface area contributed by atoms with Gasteiger partial charge in [-0.1, -0.05) is 18.2 Å². The average Bonchev–Trinajstić information content (AvgIpc) is 2.75. The maximum absolute atomic E-state index is 11.7. The number of fused-ring (bicyclic) bond motifs is 1. The third kappa shape index (κ3) is 3.10. The van der Waals surface area contributed by atoms with E-state index in [-0.39, 0.29) is 11.9 Å². The third-order valence-corrected chi connectivity index (χ3v) is 3.41. The van der Waals surface area contributed by atoms with Crippen LogP contribution in [0.2, 0.25) is 0 Å². The van der Waals surface area contributed by atoms with E-state index in [2.05, 4.69) is 5.32 Å². The molecular formula is C15H20N2O3. The Morgan fingerprint density at radius 3 is 2.75 bits per heavy atom. The zero-order chi connectivity index (χ0) is 14.7. The van der Waals surface area contributed by atoms with Gasteiger partial charge in [0.15, 0.2) is 0 Å². The number of carbonyl (C=O) groups is 2. The van der Waals surface area contributed by atoms with Gasteiger partial charge in [0.25, 0.3) is 0 Å². The van der Waals surface area contributed by atoms with Gasteiger partial charge in [0.05, 0.1) is 0 Å². The molecule has 1 aliphatic heterocycles. The molecule has 2 N–H and O–H groups in total. The number of carboxylic acid groups (broad SMARTS) is 1. The molecule has 0 bridgehead atoms. The highest BCUT2D eigenvalue weighted by Gasteiger charge is 2.33. The first kappa shape index (κ1) is 14.4. The molecule has 0 radical (unpaired) electrons. The van der Waals surface area contributed by atoms with Crippen molar-refractivity contribution in [2.75, 3.05) is 18.0 Å². The minimum absolute atomic E-state index is 0.00347. The predicted octanol–water partition coefficient (Wildman–Crippen LogP) is 1.59. The fourth-order valence-corrected chi connectivity index (χ4v) is 2.54. The smallest absolute Gasteiger partial charge is 0.312 e. The van der Waals surface area contributed by atoms with Crippen molar-refractivity contribution in [2.24, 2.45) is 0 Å². The molecule has 1 aromatic rings. The van der Waals surface area contributed by atoms with Crippen LogP contribution in [0, 0.1) is 0 Å². The van der Waals surface area contributed by atoms with Gasteiger partial charge in [0.2, 0.25) is 5.91 Å². The van der Waals surface area contributed by atoms with E-state index in [0.29, 0.717) is 19.5 Å². The van der Waals surface area contributed by atoms with Gasteiger partial charge in [-0.2, -0.15) is 0 Å². The molecule has 1 aromatic carbocycles. The van der Waals surface area contributed by atoms with Gasteiger partial charge < -0.3 is 15.3 Å². The second kappa shape index (κ2) is 5.94. The highest BCUT2D eigenvalue weighted by molar-refractivity contribution is 5.83. The number of carboxylic acids is 1. The van der Waals surface area contributed by atoms with Gasteiger partial charge in [0, 0.05) is 31.2 Å². The minimum atomic E-state index is -0.813. The maximum atomic E-state index is 11.7. The van der Waals surface area contributed by atoms with E-state index in [1.165, 1.54) is 0 Å². The van der Waals surface area contributed by atoms with E-state index < -0.39 is 11.9 Å². The summed E-state index contributed by atoms with van der Waals surface area (Å²) in [6.45, 7) is 4.82. The van der Waals surface area contributed by atoms with Crippen LogP contribution in [0.1, 0.15) is 31.7 Å². The highest BCUT2D eigenvalue weighted by Crippen LogP contribution is 2.36. The lowest BCUT2D eigenvalue weighted by atomic mass is 10.0. The second-order valence-corrected chi connectivity index (χ2v) is 5.37. The van der Waals surface area contributed by atoms with Crippen molar-refractivity contribution in [2.45, 2.75) is 32.2 Å². The van der Waals surface area contributed by atoms with Crippen molar-refractivity contribution < 1.29 is 14.7 Å². The topological polar surface area (TPSA) is 69.6 Å². The molecule has 1 heterocycles. The first-order chi connectivity index (χ1) is 9.49. The minimum Gasteiger partial charge on any atom is -0.481 e. The first-order valence-electron chi connectivity index (χ1n) is 6.85. The number of nitrogens with one attached hydrogen (secondary N) is 1. The number of benzene rings is 1. The lowest BCUT2D eigenvalue weighted by Gasteiger charge is -2.19. The van der Waals surface area contributed by atoms with Crippen molar-refractivity contribution in [3.63, 3.8) is 0 Å². The van der Waals surface area contributed by atoms with Crippen molar-refractivity contribution in [3.8, 4) is 0 Å². The van der Waals surface area contributed by atoms with E-state index in [1.54, 1.807) is 0 Å². The lowest BCUT2D eigenvalue weighted by molar-refractivity contribution is -0.138. The van der Waals surface area contributed by atoms with Crippen LogP contribution in [0.15, 0.2) is 24.3 Å². The number of para-hydroxylation sites is 1. The fraction of sp³-hybridized carbons (Fsp3) is 0.467. The molecule has 5 heteroatoms. The van der Waals surface area contributed by atoms with Gasteiger partial charge in [-0.25, -0.2) is 0 Å². The monoisotopic (exact) mass is 276 g/mol. The van der Waals surface area contributed by atoms with Gasteiger partial charge in [-0.05, 0) is 25.5 Å². The number of anilines is 1. The van der Waals surface area contributed by atoms with E-state index >= 15 is 0 Å². The van der Waals surface area contributed by atoms with Crippen LogP contribution in [-0.4, -0.2) is 36.1 Å². The lowest BCUT2D eigenvalue weighted by Crippen LogP contribution is -2.34. The van der Waals surface area contributed by atoms with Crippen LogP contribution < -0.4 is 10.2 Å². The normalized spacial score (nSPS) is 17.1. The molecule has 1 amide bonds. The summed E-state index contributed by atoms with van der Waals surface area (Å²) in [5.41, 5.74) is 1.77. The molecule has 20 heavy (non-hydrogen) atoms. The SMILES string of the molecule is CC(C)NC(=O)CCN1CC(C(=O)O)c2ccccc21. The quantitative estimate of drug-likeness (QED) is 0.857. The highest BCUT2D eigenvalue weighted by atomic mass is 16.4. The number of aliphatic carboxylic acids is 1.